The molecule has 1 fully saturated rings. The van der Waals surface area contributed by atoms with Gasteiger partial charge >= 0.3 is 0 Å². The molecule has 0 N–H and O–H groups in total. The molecule has 1 aliphatic rings. The lowest BCUT2D eigenvalue weighted by Gasteiger charge is -2.26. The van der Waals surface area contributed by atoms with Crippen molar-refractivity contribution in [3.63, 3.8) is 0 Å². The first-order chi connectivity index (χ1) is 12.5. The third kappa shape index (κ3) is 3.44. The Hall–Kier alpha value is -3.15. The molecule has 1 atom stereocenters. The molecular weight excluding hydrogens is 332 g/mol. The van der Waals surface area contributed by atoms with Crippen LogP contribution in [0.1, 0.15) is 18.9 Å². The smallest absolute Gasteiger partial charge is 0.257 e. The van der Waals surface area contributed by atoms with Gasteiger partial charge in [-0.25, -0.2) is 4.90 Å². The van der Waals surface area contributed by atoms with E-state index in [4.69, 9.17) is 4.74 Å². The van der Waals surface area contributed by atoms with Crippen molar-refractivity contribution in [2.24, 2.45) is 0 Å². The van der Waals surface area contributed by atoms with Crippen molar-refractivity contribution in [1.29, 1.82) is 0 Å². The highest BCUT2D eigenvalue weighted by atomic mass is 16.5. The molecule has 26 heavy (non-hydrogen) atoms. The fraction of sp³-hybridized carbons (Fsp3) is 0.250. The van der Waals surface area contributed by atoms with Crippen molar-refractivity contribution in [1.82, 2.24) is 4.90 Å². The monoisotopic (exact) mass is 352 g/mol. The third-order valence-corrected chi connectivity index (χ3v) is 4.43. The van der Waals surface area contributed by atoms with Gasteiger partial charge in [0, 0.05) is 13.5 Å². The van der Waals surface area contributed by atoms with Crippen LogP contribution in [0.25, 0.3) is 0 Å². The predicted octanol–water partition coefficient (Wildman–Crippen LogP) is 2.38. The van der Waals surface area contributed by atoms with E-state index in [-0.39, 0.29) is 30.7 Å². The maximum Gasteiger partial charge on any atom is 0.257 e. The Morgan fingerprint density at radius 2 is 1.77 bits per heavy atom. The minimum absolute atomic E-state index is 0.0105. The van der Waals surface area contributed by atoms with Gasteiger partial charge in [0.15, 0.2) is 0 Å². The summed E-state index contributed by atoms with van der Waals surface area (Å²) in [5.41, 5.74) is 1.39. The van der Waals surface area contributed by atoms with Gasteiger partial charge < -0.3 is 9.64 Å². The maximum atomic E-state index is 12.8. The second-order valence-electron chi connectivity index (χ2n) is 6.12. The van der Waals surface area contributed by atoms with Gasteiger partial charge in [0.25, 0.3) is 5.91 Å². The molecule has 134 valence electrons. The lowest BCUT2D eigenvalue weighted by atomic mass is 10.1. The number of carbonyl (C=O) groups is 3. The Morgan fingerprint density at radius 1 is 1.12 bits per heavy atom. The Balaban J connectivity index is 1.83. The van der Waals surface area contributed by atoms with E-state index in [2.05, 4.69) is 0 Å². The number of benzene rings is 2. The predicted molar refractivity (Wildman–Crippen MR) is 96.6 cm³/mol. The quantitative estimate of drug-likeness (QED) is 0.775. The minimum atomic E-state index is -0.790. The summed E-state index contributed by atoms with van der Waals surface area (Å²) < 4.78 is 5.13. The van der Waals surface area contributed by atoms with Crippen LogP contribution in [-0.2, 0) is 20.9 Å². The van der Waals surface area contributed by atoms with Crippen molar-refractivity contribution in [2.45, 2.75) is 25.9 Å². The van der Waals surface area contributed by atoms with Crippen LogP contribution in [0.3, 0.4) is 0 Å². The van der Waals surface area contributed by atoms with Crippen molar-refractivity contribution >= 4 is 23.4 Å². The highest BCUT2D eigenvalue weighted by Crippen LogP contribution is 2.26. The molecule has 6 heteroatoms. The van der Waals surface area contributed by atoms with Crippen LogP contribution in [-0.4, -0.2) is 35.8 Å². The van der Waals surface area contributed by atoms with Gasteiger partial charge in [0.1, 0.15) is 11.8 Å². The molecule has 6 nitrogen and oxygen atoms in total. The lowest BCUT2D eigenvalue weighted by molar-refractivity contribution is -0.137. The summed E-state index contributed by atoms with van der Waals surface area (Å²) in [6.07, 6.45) is -0.0105. The maximum absolute atomic E-state index is 12.8. The fourth-order valence-electron chi connectivity index (χ4n) is 3.08. The van der Waals surface area contributed by atoms with E-state index in [1.165, 1.54) is 11.8 Å². The highest BCUT2D eigenvalue weighted by molar-refractivity contribution is 6.22. The molecule has 1 saturated heterocycles. The molecule has 3 rings (SSSR count). The number of anilines is 1. The van der Waals surface area contributed by atoms with E-state index >= 15 is 0 Å². The number of rotatable bonds is 5. The first-order valence-electron chi connectivity index (χ1n) is 8.33. The molecule has 1 heterocycles. The van der Waals surface area contributed by atoms with E-state index in [0.717, 1.165) is 10.5 Å². The second-order valence-corrected chi connectivity index (χ2v) is 6.12. The molecule has 2 aromatic carbocycles. The van der Waals surface area contributed by atoms with Crippen LogP contribution in [0.5, 0.6) is 5.75 Å². The zero-order valence-corrected chi connectivity index (χ0v) is 14.7. The number of methoxy groups -OCH3 is 1. The number of para-hydroxylation sites is 1. The van der Waals surface area contributed by atoms with Gasteiger partial charge in [-0.15, -0.1) is 0 Å². The standard InChI is InChI=1S/C20H20N2O4/c1-14(23)21(13-15-8-10-17(26-2)11-9-15)18-12-19(24)22(20(18)25)16-6-4-3-5-7-16/h3-11,18H,12-13H2,1-2H3/t18-/m0/s1. The Labute approximate surface area is 152 Å². The summed E-state index contributed by atoms with van der Waals surface area (Å²) in [5.74, 6) is -0.204. The zero-order chi connectivity index (χ0) is 18.7. The average Bonchev–Trinajstić information content (AvgIpc) is 2.94. The molecule has 3 amide bonds. The topological polar surface area (TPSA) is 66.9 Å². The fourth-order valence-corrected chi connectivity index (χ4v) is 3.08. The van der Waals surface area contributed by atoms with Crippen molar-refractivity contribution in [2.75, 3.05) is 12.0 Å². The van der Waals surface area contributed by atoms with Gasteiger partial charge in [-0.2, -0.15) is 0 Å². The van der Waals surface area contributed by atoms with Crippen LogP contribution >= 0.6 is 0 Å². The van der Waals surface area contributed by atoms with Gasteiger partial charge in [-0.1, -0.05) is 30.3 Å². The number of hydrogen-bond donors (Lipinski definition) is 0. The number of carbonyl (C=O) groups excluding carboxylic acids is 3. The normalized spacial score (nSPS) is 16.7. The second kappa shape index (κ2) is 7.39. The SMILES string of the molecule is COc1ccc(CN(C(C)=O)[C@H]2CC(=O)N(c3ccccc3)C2=O)cc1. The zero-order valence-electron chi connectivity index (χ0n) is 14.7. The van der Waals surface area contributed by atoms with Gasteiger partial charge in [-0.05, 0) is 29.8 Å². The van der Waals surface area contributed by atoms with E-state index in [0.29, 0.717) is 11.4 Å². The van der Waals surface area contributed by atoms with Crippen LogP contribution in [0, 0.1) is 0 Å². The van der Waals surface area contributed by atoms with Crippen molar-refractivity contribution in [3.8, 4) is 5.75 Å². The number of hydrogen-bond acceptors (Lipinski definition) is 4. The molecule has 0 unspecified atom stereocenters. The summed E-state index contributed by atoms with van der Waals surface area (Å²) in [6, 6.07) is 15.2. The largest absolute Gasteiger partial charge is 0.497 e. The first-order valence-corrected chi connectivity index (χ1v) is 8.33. The number of amides is 3. The van der Waals surface area contributed by atoms with Gasteiger partial charge in [-0.3, -0.25) is 14.4 Å². The molecule has 0 radical (unpaired) electrons. The van der Waals surface area contributed by atoms with E-state index in [1.807, 2.05) is 18.2 Å². The van der Waals surface area contributed by atoms with E-state index in [1.54, 1.807) is 43.5 Å². The van der Waals surface area contributed by atoms with Crippen LogP contribution in [0.15, 0.2) is 54.6 Å². The average molecular weight is 352 g/mol. The summed E-state index contributed by atoms with van der Waals surface area (Å²) >= 11 is 0. The molecule has 0 bridgehead atoms. The molecule has 2 aromatic rings. The molecule has 0 saturated carbocycles. The third-order valence-electron chi connectivity index (χ3n) is 4.43. The van der Waals surface area contributed by atoms with Crippen molar-refractivity contribution < 1.29 is 19.1 Å². The van der Waals surface area contributed by atoms with E-state index in [9.17, 15) is 14.4 Å². The molecule has 0 aromatic heterocycles. The molecule has 1 aliphatic heterocycles. The summed E-state index contributed by atoms with van der Waals surface area (Å²) in [6.45, 7) is 1.66. The summed E-state index contributed by atoms with van der Waals surface area (Å²) in [5, 5.41) is 0. The van der Waals surface area contributed by atoms with Gasteiger partial charge in [0.2, 0.25) is 11.8 Å². The highest BCUT2D eigenvalue weighted by Gasteiger charge is 2.43. The molecule has 0 aliphatic carbocycles. The summed E-state index contributed by atoms with van der Waals surface area (Å²) in [4.78, 5) is 40.0. The minimum Gasteiger partial charge on any atom is -0.497 e. The Bertz CT molecular complexity index is 817. The molecule has 0 spiro atoms. The van der Waals surface area contributed by atoms with Crippen LogP contribution < -0.4 is 9.64 Å². The number of ether oxygens (including phenoxy) is 1. The number of imide groups is 1. The summed E-state index contributed by atoms with van der Waals surface area (Å²) in [7, 11) is 1.58. The van der Waals surface area contributed by atoms with Crippen LogP contribution in [0.4, 0.5) is 5.69 Å². The number of nitrogens with zero attached hydrogens (tertiary/aromatic N) is 2. The van der Waals surface area contributed by atoms with Gasteiger partial charge in [0.05, 0.1) is 19.2 Å². The van der Waals surface area contributed by atoms with E-state index < -0.39 is 6.04 Å². The van der Waals surface area contributed by atoms with Crippen molar-refractivity contribution in [3.05, 3.63) is 60.2 Å². The molecular formula is C20H20N2O4. The Kier molecular flexibility index (Phi) is 5.02. The Morgan fingerprint density at radius 3 is 2.35 bits per heavy atom. The van der Waals surface area contributed by atoms with Crippen LogP contribution in [0.2, 0.25) is 0 Å². The first kappa shape index (κ1) is 17.7. The lowest BCUT2D eigenvalue weighted by Crippen LogP contribution is -2.44.